The van der Waals surface area contributed by atoms with Crippen LogP contribution in [0.3, 0.4) is 0 Å². The molecule has 0 unspecified atom stereocenters. The molecule has 0 spiro atoms. The first-order valence-electron chi connectivity index (χ1n) is 7.62. The van der Waals surface area contributed by atoms with Crippen LogP contribution >= 0.6 is 0 Å². The number of rotatable bonds is 1. The zero-order chi connectivity index (χ0) is 15.0. The molecular formula is C15H27N3O2. The Kier molecular flexibility index (Phi) is 4.09. The molecule has 1 saturated carbocycles. The number of nitrogens with zero attached hydrogens (tertiary/aromatic N) is 2. The average molecular weight is 281 g/mol. The van der Waals surface area contributed by atoms with Crippen LogP contribution in [0.5, 0.6) is 0 Å². The predicted molar refractivity (Wildman–Crippen MR) is 78.0 cm³/mol. The Balaban J connectivity index is 1.91. The Bertz CT molecular complexity index is 386. The van der Waals surface area contributed by atoms with Crippen molar-refractivity contribution < 1.29 is 9.59 Å². The number of carbonyl (C=O) groups excluding carboxylic acids is 2. The Hall–Kier alpha value is -1.10. The standard InChI is InChI=1S/C15H27N3O2/c1-14(2,3)12(19)17-8-10-18(11-9-17)13(20)15(16)6-4-5-7-15/h4-11,16H2,1-3H3. The summed E-state index contributed by atoms with van der Waals surface area (Å²) in [5.41, 5.74) is 5.23. The molecule has 2 rings (SSSR count). The van der Waals surface area contributed by atoms with E-state index >= 15 is 0 Å². The van der Waals surface area contributed by atoms with Crippen molar-refractivity contribution in [2.45, 2.75) is 52.0 Å². The summed E-state index contributed by atoms with van der Waals surface area (Å²) in [7, 11) is 0. The summed E-state index contributed by atoms with van der Waals surface area (Å²) >= 11 is 0. The highest BCUT2D eigenvalue weighted by molar-refractivity contribution is 5.87. The van der Waals surface area contributed by atoms with Gasteiger partial charge in [0.2, 0.25) is 11.8 Å². The van der Waals surface area contributed by atoms with E-state index in [1.165, 1.54) is 0 Å². The molecule has 2 amide bonds. The summed E-state index contributed by atoms with van der Waals surface area (Å²) in [4.78, 5) is 28.4. The molecule has 0 radical (unpaired) electrons. The van der Waals surface area contributed by atoms with E-state index in [1.54, 1.807) is 0 Å². The number of carbonyl (C=O) groups is 2. The molecule has 1 aliphatic heterocycles. The van der Waals surface area contributed by atoms with Crippen LogP contribution < -0.4 is 5.73 Å². The lowest BCUT2D eigenvalue weighted by Gasteiger charge is -2.40. The van der Waals surface area contributed by atoms with Crippen LogP contribution in [0.4, 0.5) is 0 Å². The number of piperazine rings is 1. The summed E-state index contributed by atoms with van der Waals surface area (Å²) in [6.07, 6.45) is 3.69. The van der Waals surface area contributed by atoms with E-state index in [0.29, 0.717) is 26.2 Å². The first-order chi connectivity index (χ1) is 9.24. The Morgan fingerprint density at radius 2 is 1.40 bits per heavy atom. The van der Waals surface area contributed by atoms with Crippen LogP contribution in [0.15, 0.2) is 0 Å². The molecule has 1 saturated heterocycles. The van der Waals surface area contributed by atoms with Crippen LogP contribution in [-0.4, -0.2) is 53.3 Å². The fourth-order valence-corrected chi connectivity index (χ4v) is 3.12. The van der Waals surface area contributed by atoms with Gasteiger partial charge in [-0.3, -0.25) is 9.59 Å². The highest BCUT2D eigenvalue weighted by Gasteiger charge is 2.41. The summed E-state index contributed by atoms with van der Waals surface area (Å²) < 4.78 is 0. The van der Waals surface area contributed by atoms with Crippen LogP contribution in [0.1, 0.15) is 46.5 Å². The third kappa shape index (κ3) is 2.97. The van der Waals surface area contributed by atoms with Gasteiger partial charge >= 0.3 is 0 Å². The Morgan fingerprint density at radius 3 is 1.85 bits per heavy atom. The fourth-order valence-electron chi connectivity index (χ4n) is 3.12. The zero-order valence-electron chi connectivity index (χ0n) is 12.9. The molecule has 20 heavy (non-hydrogen) atoms. The van der Waals surface area contributed by atoms with Crippen molar-refractivity contribution in [3.8, 4) is 0 Å². The van der Waals surface area contributed by atoms with Crippen molar-refractivity contribution in [3.05, 3.63) is 0 Å². The van der Waals surface area contributed by atoms with Gasteiger partial charge in [0, 0.05) is 31.6 Å². The third-order valence-electron chi connectivity index (χ3n) is 4.42. The maximum atomic E-state index is 12.5. The van der Waals surface area contributed by atoms with Crippen LogP contribution in [-0.2, 0) is 9.59 Å². The smallest absolute Gasteiger partial charge is 0.242 e. The largest absolute Gasteiger partial charge is 0.339 e. The van der Waals surface area contributed by atoms with Crippen LogP contribution in [0.2, 0.25) is 0 Å². The Morgan fingerprint density at radius 1 is 0.950 bits per heavy atom. The molecule has 0 atom stereocenters. The summed E-state index contributed by atoms with van der Waals surface area (Å²) in [6.45, 7) is 8.26. The molecule has 5 nitrogen and oxygen atoms in total. The Labute approximate surface area is 121 Å². The molecule has 114 valence electrons. The molecule has 0 aromatic rings. The maximum Gasteiger partial charge on any atom is 0.242 e. The van der Waals surface area contributed by atoms with Gasteiger partial charge in [0.15, 0.2) is 0 Å². The van der Waals surface area contributed by atoms with Gasteiger partial charge in [-0.25, -0.2) is 0 Å². The molecule has 2 aliphatic rings. The number of amides is 2. The minimum Gasteiger partial charge on any atom is -0.339 e. The quantitative estimate of drug-likeness (QED) is 0.779. The third-order valence-corrected chi connectivity index (χ3v) is 4.42. The van der Waals surface area contributed by atoms with Crippen LogP contribution in [0, 0.1) is 5.41 Å². The first kappa shape index (κ1) is 15.3. The minimum atomic E-state index is -0.643. The zero-order valence-corrected chi connectivity index (χ0v) is 12.9. The molecule has 0 aromatic heterocycles. The highest BCUT2D eigenvalue weighted by Crippen LogP contribution is 2.29. The predicted octanol–water partition coefficient (Wildman–Crippen LogP) is 0.975. The van der Waals surface area contributed by atoms with Gasteiger partial charge in [-0.1, -0.05) is 33.6 Å². The van der Waals surface area contributed by atoms with E-state index < -0.39 is 5.54 Å². The van der Waals surface area contributed by atoms with E-state index in [0.717, 1.165) is 25.7 Å². The summed E-state index contributed by atoms with van der Waals surface area (Å²) in [5, 5.41) is 0. The number of hydrogen-bond acceptors (Lipinski definition) is 3. The topological polar surface area (TPSA) is 66.6 Å². The lowest BCUT2D eigenvalue weighted by Crippen LogP contribution is -2.59. The molecule has 1 heterocycles. The molecule has 2 N–H and O–H groups in total. The lowest BCUT2D eigenvalue weighted by atomic mass is 9.94. The van der Waals surface area contributed by atoms with Crippen molar-refractivity contribution >= 4 is 11.8 Å². The average Bonchev–Trinajstić information content (AvgIpc) is 2.84. The molecule has 5 heteroatoms. The van der Waals surface area contributed by atoms with Crippen molar-refractivity contribution in [1.82, 2.24) is 9.80 Å². The van der Waals surface area contributed by atoms with E-state index in [4.69, 9.17) is 5.73 Å². The van der Waals surface area contributed by atoms with Gasteiger partial charge < -0.3 is 15.5 Å². The maximum absolute atomic E-state index is 12.5. The van der Waals surface area contributed by atoms with E-state index in [-0.39, 0.29) is 17.2 Å². The minimum absolute atomic E-state index is 0.0813. The second kappa shape index (κ2) is 5.35. The second-order valence-corrected chi connectivity index (χ2v) is 7.20. The summed E-state index contributed by atoms with van der Waals surface area (Å²) in [5.74, 6) is 0.241. The molecule has 1 aliphatic carbocycles. The normalized spacial score (nSPS) is 23.0. The molecular weight excluding hydrogens is 254 g/mol. The van der Waals surface area contributed by atoms with Crippen molar-refractivity contribution in [2.75, 3.05) is 26.2 Å². The monoisotopic (exact) mass is 281 g/mol. The van der Waals surface area contributed by atoms with Crippen molar-refractivity contribution in [1.29, 1.82) is 0 Å². The SMILES string of the molecule is CC(C)(C)C(=O)N1CCN(C(=O)C2(N)CCCC2)CC1. The highest BCUT2D eigenvalue weighted by atomic mass is 16.2. The molecule has 0 aromatic carbocycles. The van der Waals surface area contributed by atoms with Gasteiger partial charge in [0.05, 0.1) is 5.54 Å². The number of nitrogens with two attached hydrogens (primary N) is 1. The lowest BCUT2D eigenvalue weighted by molar-refractivity contribution is -0.146. The van der Waals surface area contributed by atoms with Crippen LogP contribution in [0.25, 0.3) is 0 Å². The molecule has 0 bridgehead atoms. The van der Waals surface area contributed by atoms with E-state index in [1.807, 2.05) is 30.6 Å². The van der Waals surface area contributed by atoms with Gasteiger partial charge in [0.1, 0.15) is 0 Å². The first-order valence-corrected chi connectivity index (χ1v) is 7.62. The van der Waals surface area contributed by atoms with Gasteiger partial charge in [-0.15, -0.1) is 0 Å². The second-order valence-electron chi connectivity index (χ2n) is 7.20. The molecule has 2 fully saturated rings. The van der Waals surface area contributed by atoms with Gasteiger partial charge in [0.25, 0.3) is 0 Å². The van der Waals surface area contributed by atoms with E-state index in [2.05, 4.69) is 0 Å². The fraction of sp³-hybridized carbons (Fsp3) is 0.867. The van der Waals surface area contributed by atoms with Gasteiger partial charge in [-0.05, 0) is 12.8 Å². The summed E-state index contributed by atoms with van der Waals surface area (Å²) in [6, 6.07) is 0. The van der Waals surface area contributed by atoms with Gasteiger partial charge in [-0.2, -0.15) is 0 Å². The van der Waals surface area contributed by atoms with Crippen molar-refractivity contribution in [2.24, 2.45) is 11.1 Å². The number of hydrogen-bond donors (Lipinski definition) is 1. The van der Waals surface area contributed by atoms with Crippen molar-refractivity contribution in [3.63, 3.8) is 0 Å². The van der Waals surface area contributed by atoms with E-state index in [9.17, 15) is 9.59 Å².